The van der Waals surface area contributed by atoms with E-state index >= 15 is 0 Å². The van der Waals surface area contributed by atoms with Crippen molar-refractivity contribution >= 4 is 28.3 Å². The van der Waals surface area contributed by atoms with E-state index in [1.54, 1.807) is 7.11 Å². The van der Waals surface area contributed by atoms with Gasteiger partial charge in [-0.3, -0.25) is 4.79 Å². The number of fused-ring (bicyclic) bond motifs is 1. The minimum Gasteiger partial charge on any atom is -0.493 e. The third kappa shape index (κ3) is 5.38. The molecule has 1 amide bonds. The monoisotopic (exact) mass is 460 g/mol. The van der Waals surface area contributed by atoms with Crippen molar-refractivity contribution in [1.82, 2.24) is 14.9 Å². The number of anilines is 2. The molecule has 8 nitrogen and oxygen atoms in total. The van der Waals surface area contributed by atoms with Crippen molar-refractivity contribution in [3.63, 3.8) is 0 Å². The molecule has 1 fully saturated rings. The Bertz CT molecular complexity index is 1200. The number of carbonyl (C=O) groups is 1. The number of aromatic nitrogens is 2. The molecule has 0 spiro atoms. The van der Waals surface area contributed by atoms with Crippen molar-refractivity contribution in [2.24, 2.45) is 0 Å². The molecule has 0 bridgehead atoms. The zero-order valence-corrected chi connectivity index (χ0v) is 19.2. The highest BCUT2D eigenvalue weighted by atomic mass is 16.5. The number of piperidine rings is 1. The second-order valence-corrected chi connectivity index (χ2v) is 8.12. The van der Waals surface area contributed by atoms with Crippen LogP contribution in [0.5, 0.6) is 11.5 Å². The van der Waals surface area contributed by atoms with E-state index < -0.39 is 0 Å². The molecule has 1 aromatic heterocycles. The number of methoxy groups -OCH3 is 1. The second kappa shape index (κ2) is 10.9. The number of nitrogens with one attached hydrogen (secondary N) is 1. The minimum atomic E-state index is -0.0402. The molecule has 0 saturated carbocycles. The van der Waals surface area contributed by atoms with E-state index in [4.69, 9.17) is 21.0 Å². The highest BCUT2D eigenvalue weighted by Crippen LogP contribution is 2.36. The maximum atomic E-state index is 12.2. The van der Waals surface area contributed by atoms with E-state index in [-0.39, 0.29) is 18.6 Å². The molecule has 0 radical (unpaired) electrons. The first-order chi connectivity index (χ1) is 16.6. The first-order valence-corrected chi connectivity index (χ1v) is 11.3. The van der Waals surface area contributed by atoms with Crippen molar-refractivity contribution in [2.45, 2.75) is 31.8 Å². The summed E-state index contributed by atoms with van der Waals surface area (Å²) in [4.78, 5) is 22.9. The van der Waals surface area contributed by atoms with E-state index in [1.807, 2.05) is 41.3 Å². The third-order valence-corrected chi connectivity index (χ3v) is 5.85. The van der Waals surface area contributed by atoms with Crippen LogP contribution < -0.4 is 14.8 Å². The summed E-state index contributed by atoms with van der Waals surface area (Å²) in [5, 5.41) is 13.1. The second-order valence-electron chi connectivity index (χ2n) is 8.12. The Kier molecular flexibility index (Phi) is 7.45. The Morgan fingerprint density at radius 1 is 1.24 bits per heavy atom. The van der Waals surface area contributed by atoms with Crippen LogP contribution in [0.4, 0.5) is 11.5 Å². The summed E-state index contributed by atoms with van der Waals surface area (Å²) in [6, 6.07) is 11.3. The molecule has 1 aliphatic heterocycles. The molecule has 1 aliphatic rings. The molecule has 2 heterocycles. The Balaban J connectivity index is 1.53. The minimum absolute atomic E-state index is 0.0307. The lowest BCUT2D eigenvalue weighted by atomic mass is 10.1. The van der Waals surface area contributed by atoms with Gasteiger partial charge in [-0.1, -0.05) is 12.0 Å². The van der Waals surface area contributed by atoms with Gasteiger partial charge >= 0.3 is 0 Å². The summed E-state index contributed by atoms with van der Waals surface area (Å²) in [6.45, 7) is 1.29. The van der Waals surface area contributed by atoms with Gasteiger partial charge in [0.15, 0.2) is 11.5 Å². The number of hydrogen-bond donors (Lipinski definition) is 2. The van der Waals surface area contributed by atoms with Gasteiger partial charge in [0, 0.05) is 61.7 Å². The highest BCUT2D eigenvalue weighted by molar-refractivity contribution is 5.93. The zero-order valence-electron chi connectivity index (χ0n) is 19.2. The van der Waals surface area contributed by atoms with Crippen LogP contribution in [-0.4, -0.2) is 58.8 Å². The summed E-state index contributed by atoms with van der Waals surface area (Å²) in [6.07, 6.45) is 9.30. The number of likely N-dealkylation sites (tertiary alicyclic amines) is 1. The molecule has 8 heteroatoms. The fourth-order valence-electron chi connectivity index (χ4n) is 4.03. The number of hydrogen-bond acceptors (Lipinski definition) is 7. The van der Waals surface area contributed by atoms with E-state index in [0.29, 0.717) is 43.2 Å². The third-order valence-electron chi connectivity index (χ3n) is 5.85. The predicted molar refractivity (Wildman–Crippen MR) is 130 cm³/mol. The summed E-state index contributed by atoms with van der Waals surface area (Å²) in [5.41, 5.74) is 2.32. The standard InChI is InChI=1S/C26H28N4O4/c1-3-18-6-4-7-19(14-18)29-26-21-15-24(23(33-2)16-22(21)27-17-28-26)34-20-9-11-30(12-10-20)25(32)8-5-13-31/h1,4,6-7,14-17,20,31H,5,8-13H2,2H3,(H,27,28,29). The van der Waals surface area contributed by atoms with E-state index in [2.05, 4.69) is 21.2 Å². The van der Waals surface area contributed by atoms with E-state index in [0.717, 1.165) is 35.0 Å². The van der Waals surface area contributed by atoms with Crippen LogP contribution in [0.25, 0.3) is 10.9 Å². The maximum absolute atomic E-state index is 12.2. The van der Waals surface area contributed by atoms with Crippen LogP contribution in [0.2, 0.25) is 0 Å². The van der Waals surface area contributed by atoms with Gasteiger partial charge < -0.3 is 24.8 Å². The van der Waals surface area contributed by atoms with Gasteiger partial charge in [-0.25, -0.2) is 9.97 Å². The molecule has 0 unspecified atom stereocenters. The van der Waals surface area contributed by atoms with Crippen molar-refractivity contribution in [2.75, 3.05) is 32.1 Å². The number of aliphatic hydroxyl groups excluding tert-OH is 1. The van der Waals surface area contributed by atoms with Gasteiger partial charge in [0.05, 0.1) is 12.6 Å². The lowest BCUT2D eigenvalue weighted by Gasteiger charge is -2.32. The lowest BCUT2D eigenvalue weighted by Crippen LogP contribution is -2.41. The van der Waals surface area contributed by atoms with Gasteiger partial charge in [0.2, 0.25) is 5.91 Å². The van der Waals surface area contributed by atoms with Crippen molar-refractivity contribution in [3.05, 3.63) is 48.3 Å². The average molecular weight is 461 g/mol. The summed E-state index contributed by atoms with van der Waals surface area (Å²) < 4.78 is 11.9. The molecular weight excluding hydrogens is 432 g/mol. The molecule has 176 valence electrons. The van der Waals surface area contributed by atoms with Crippen molar-refractivity contribution in [3.8, 4) is 23.8 Å². The Labute approximate surface area is 198 Å². The van der Waals surface area contributed by atoms with Crippen LogP contribution in [0.15, 0.2) is 42.7 Å². The first kappa shape index (κ1) is 23.3. The van der Waals surface area contributed by atoms with Gasteiger partial charge in [-0.05, 0) is 30.7 Å². The number of rotatable bonds is 8. The first-order valence-electron chi connectivity index (χ1n) is 11.3. The topological polar surface area (TPSA) is 96.8 Å². The van der Waals surface area contributed by atoms with Crippen LogP contribution in [-0.2, 0) is 4.79 Å². The van der Waals surface area contributed by atoms with Gasteiger partial charge in [0.25, 0.3) is 0 Å². The number of benzene rings is 2. The normalized spacial score (nSPS) is 14.0. The van der Waals surface area contributed by atoms with Crippen LogP contribution >= 0.6 is 0 Å². The molecule has 2 aromatic carbocycles. The maximum Gasteiger partial charge on any atom is 0.222 e. The Hall–Kier alpha value is -3.83. The Morgan fingerprint density at radius 3 is 2.79 bits per heavy atom. The molecule has 3 aromatic rings. The molecule has 0 aliphatic carbocycles. The SMILES string of the molecule is C#Cc1cccc(Nc2ncnc3cc(OC)c(OC4CCN(C(=O)CCCO)CC4)cc23)c1. The van der Waals surface area contributed by atoms with Crippen LogP contribution in [0.3, 0.4) is 0 Å². The van der Waals surface area contributed by atoms with Gasteiger partial charge in [0.1, 0.15) is 18.2 Å². The smallest absolute Gasteiger partial charge is 0.222 e. The lowest BCUT2D eigenvalue weighted by molar-refractivity contribution is -0.133. The van der Waals surface area contributed by atoms with E-state index in [1.165, 1.54) is 6.33 Å². The fraction of sp³-hybridized carbons (Fsp3) is 0.346. The highest BCUT2D eigenvalue weighted by Gasteiger charge is 2.25. The molecule has 4 rings (SSSR count). The summed E-state index contributed by atoms with van der Waals surface area (Å²) in [7, 11) is 1.60. The molecular formula is C26H28N4O4. The number of nitrogens with zero attached hydrogens (tertiary/aromatic N) is 3. The van der Waals surface area contributed by atoms with Gasteiger partial charge in [-0.15, -0.1) is 6.42 Å². The largest absolute Gasteiger partial charge is 0.493 e. The summed E-state index contributed by atoms with van der Waals surface area (Å²) in [5.74, 6) is 4.55. The van der Waals surface area contributed by atoms with Crippen molar-refractivity contribution in [1.29, 1.82) is 0 Å². The van der Waals surface area contributed by atoms with E-state index in [9.17, 15) is 4.79 Å². The number of ether oxygens (including phenoxy) is 2. The fourth-order valence-corrected chi connectivity index (χ4v) is 4.03. The number of aliphatic hydroxyl groups is 1. The molecule has 1 saturated heterocycles. The zero-order chi connectivity index (χ0) is 23.9. The van der Waals surface area contributed by atoms with Crippen LogP contribution in [0, 0.1) is 12.3 Å². The molecule has 34 heavy (non-hydrogen) atoms. The quantitative estimate of drug-likeness (QED) is 0.497. The summed E-state index contributed by atoms with van der Waals surface area (Å²) >= 11 is 0. The molecule has 2 N–H and O–H groups in total. The average Bonchev–Trinajstić information content (AvgIpc) is 2.87. The van der Waals surface area contributed by atoms with Gasteiger partial charge in [-0.2, -0.15) is 0 Å². The molecule has 0 atom stereocenters. The Morgan fingerprint density at radius 2 is 2.06 bits per heavy atom. The van der Waals surface area contributed by atoms with Crippen LogP contribution in [0.1, 0.15) is 31.2 Å². The predicted octanol–water partition coefficient (Wildman–Crippen LogP) is 3.51. The number of carbonyl (C=O) groups excluding carboxylic acids is 1. The van der Waals surface area contributed by atoms with Crippen molar-refractivity contribution < 1.29 is 19.4 Å². The number of amides is 1. The number of terminal acetylenes is 1.